The molecule has 0 bridgehead atoms. The van der Waals surface area contributed by atoms with Gasteiger partial charge >= 0.3 is 0 Å². The molecule has 2 atom stereocenters. The molecular weight excluding hydrogens is 106 g/mol. The molecule has 1 nitrogen and oxygen atoms in total. The van der Waals surface area contributed by atoms with E-state index < -0.39 is 0 Å². The molecule has 0 radical (unpaired) electrons. The first-order chi connectivity index (χ1) is 3.34. The zero-order chi connectivity index (χ0) is 5.28. The number of rotatable bonds is 1. The summed E-state index contributed by atoms with van der Waals surface area (Å²) in [6.45, 7) is 0. The Morgan fingerprint density at radius 3 is 2.29 bits per heavy atom. The maximum atomic E-state index is 5.58. The van der Waals surface area contributed by atoms with Crippen LogP contribution in [0.15, 0.2) is 0 Å². The number of nitrogens with two attached hydrogens (primary N) is 1. The Morgan fingerprint density at radius 2 is 2.29 bits per heavy atom. The van der Waals surface area contributed by atoms with Crippen molar-refractivity contribution in [2.75, 3.05) is 5.75 Å². The van der Waals surface area contributed by atoms with Crippen LogP contribution in [0.1, 0.15) is 12.8 Å². The van der Waals surface area contributed by atoms with E-state index in [1.165, 1.54) is 12.8 Å². The van der Waals surface area contributed by atoms with Crippen LogP contribution in [0.4, 0.5) is 0 Å². The molecule has 42 valence electrons. The van der Waals surface area contributed by atoms with Gasteiger partial charge in [-0.1, -0.05) is 0 Å². The molecule has 0 spiro atoms. The average Bonchev–Trinajstić information content (AvgIpc) is 1.65. The third-order valence-corrected chi connectivity index (χ3v) is 2.18. The molecule has 2 heteroatoms. The molecule has 1 fully saturated rings. The van der Waals surface area contributed by atoms with E-state index in [-0.39, 0.29) is 0 Å². The topological polar surface area (TPSA) is 26.0 Å². The summed E-state index contributed by atoms with van der Waals surface area (Å²) < 4.78 is 0. The molecule has 1 saturated carbocycles. The quantitative estimate of drug-likeness (QED) is 0.485. The fourth-order valence-corrected chi connectivity index (χ4v) is 1.27. The molecule has 1 aliphatic carbocycles. The van der Waals surface area contributed by atoms with E-state index in [4.69, 9.17) is 5.73 Å². The highest BCUT2D eigenvalue weighted by molar-refractivity contribution is 7.80. The molecule has 0 aromatic heterocycles. The van der Waals surface area contributed by atoms with Crippen molar-refractivity contribution >= 4 is 12.6 Å². The molecule has 0 amide bonds. The lowest BCUT2D eigenvalue weighted by Gasteiger charge is -2.31. The zero-order valence-electron chi connectivity index (χ0n) is 4.30. The van der Waals surface area contributed by atoms with E-state index >= 15 is 0 Å². The highest BCUT2D eigenvalue weighted by Crippen LogP contribution is 2.25. The zero-order valence-corrected chi connectivity index (χ0v) is 5.20. The molecule has 0 aliphatic heterocycles. The van der Waals surface area contributed by atoms with E-state index in [0.29, 0.717) is 6.04 Å². The van der Waals surface area contributed by atoms with Gasteiger partial charge < -0.3 is 5.73 Å². The molecule has 7 heavy (non-hydrogen) atoms. The molecule has 1 rings (SSSR count). The summed E-state index contributed by atoms with van der Waals surface area (Å²) in [5.74, 6) is 1.70. The second-order valence-corrected chi connectivity index (χ2v) is 2.55. The second kappa shape index (κ2) is 2.05. The summed E-state index contributed by atoms with van der Waals surface area (Å²) in [6, 6.07) is 0.470. The van der Waals surface area contributed by atoms with Gasteiger partial charge in [0.2, 0.25) is 0 Å². The van der Waals surface area contributed by atoms with Crippen molar-refractivity contribution in [1.29, 1.82) is 0 Å². The SMILES string of the molecule is N[C@H]1CCC1CS. The van der Waals surface area contributed by atoms with Crippen LogP contribution in [0.5, 0.6) is 0 Å². The highest BCUT2D eigenvalue weighted by atomic mass is 32.1. The first-order valence-corrected chi connectivity index (χ1v) is 3.34. The molecule has 2 N–H and O–H groups in total. The van der Waals surface area contributed by atoms with Gasteiger partial charge in [0.05, 0.1) is 0 Å². The Hall–Kier alpha value is 0.310. The van der Waals surface area contributed by atoms with Crippen LogP contribution in [-0.4, -0.2) is 11.8 Å². The van der Waals surface area contributed by atoms with Crippen LogP contribution in [0.3, 0.4) is 0 Å². The van der Waals surface area contributed by atoms with Crippen molar-refractivity contribution in [2.24, 2.45) is 11.7 Å². The largest absolute Gasteiger partial charge is 0.327 e. The fraction of sp³-hybridized carbons (Fsp3) is 1.00. The van der Waals surface area contributed by atoms with Crippen molar-refractivity contribution in [3.05, 3.63) is 0 Å². The van der Waals surface area contributed by atoms with Crippen LogP contribution >= 0.6 is 12.6 Å². The molecule has 0 aromatic carbocycles. The minimum absolute atomic E-state index is 0.470. The van der Waals surface area contributed by atoms with Crippen LogP contribution in [-0.2, 0) is 0 Å². The number of thiol groups is 1. The van der Waals surface area contributed by atoms with E-state index in [1.54, 1.807) is 0 Å². The highest BCUT2D eigenvalue weighted by Gasteiger charge is 2.25. The van der Waals surface area contributed by atoms with E-state index in [9.17, 15) is 0 Å². The Bertz CT molecular complexity index is 63.1. The van der Waals surface area contributed by atoms with Crippen molar-refractivity contribution in [3.8, 4) is 0 Å². The first-order valence-electron chi connectivity index (χ1n) is 2.71. The number of hydrogen-bond acceptors (Lipinski definition) is 2. The van der Waals surface area contributed by atoms with E-state index in [2.05, 4.69) is 12.6 Å². The molecule has 0 saturated heterocycles. The molecule has 0 aromatic rings. The normalized spacial score (nSPS) is 40.3. The summed E-state index contributed by atoms with van der Waals surface area (Å²) >= 11 is 4.13. The van der Waals surface area contributed by atoms with Gasteiger partial charge in [0.15, 0.2) is 0 Å². The Morgan fingerprint density at radius 1 is 1.57 bits per heavy atom. The monoisotopic (exact) mass is 117 g/mol. The summed E-state index contributed by atoms with van der Waals surface area (Å²) in [7, 11) is 0. The van der Waals surface area contributed by atoms with Crippen molar-refractivity contribution in [2.45, 2.75) is 18.9 Å². The van der Waals surface area contributed by atoms with Gasteiger partial charge in [0.1, 0.15) is 0 Å². The predicted octanol–water partition coefficient (Wildman–Crippen LogP) is 0.653. The van der Waals surface area contributed by atoms with Gasteiger partial charge in [0, 0.05) is 6.04 Å². The van der Waals surface area contributed by atoms with E-state index in [1.807, 2.05) is 0 Å². The molecule has 1 unspecified atom stereocenters. The van der Waals surface area contributed by atoms with Crippen LogP contribution in [0.25, 0.3) is 0 Å². The summed E-state index contributed by atoms with van der Waals surface area (Å²) in [5, 5.41) is 0. The summed E-state index contributed by atoms with van der Waals surface area (Å²) in [5.41, 5.74) is 5.58. The molecule has 0 heterocycles. The Labute approximate surface area is 49.7 Å². The second-order valence-electron chi connectivity index (χ2n) is 2.18. The third-order valence-electron chi connectivity index (χ3n) is 1.71. The van der Waals surface area contributed by atoms with Gasteiger partial charge in [-0.25, -0.2) is 0 Å². The Kier molecular flexibility index (Phi) is 1.60. The van der Waals surface area contributed by atoms with Gasteiger partial charge in [-0.05, 0) is 24.5 Å². The van der Waals surface area contributed by atoms with Gasteiger partial charge in [-0.15, -0.1) is 0 Å². The predicted molar refractivity (Wildman–Crippen MR) is 34.6 cm³/mol. The fourth-order valence-electron chi connectivity index (χ4n) is 0.821. The standard InChI is InChI=1S/C5H11NS/c6-5-2-1-4(5)3-7/h4-5,7H,1-3,6H2/t4?,5-/m0/s1. The summed E-state index contributed by atoms with van der Waals surface area (Å²) in [4.78, 5) is 0. The van der Waals surface area contributed by atoms with E-state index in [0.717, 1.165) is 11.7 Å². The number of hydrogen-bond donors (Lipinski definition) is 2. The van der Waals surface area contributed by atoms with Gasteiger partial charge in [0.25, 0.3) is 0 Å². The summed E-state index contributed by atoms with van der Waals surface area (Å²) in [6.07, 6.45) is 2.51. The van der Waals surface area contributed by atoms with Gasteiger partial charge in [-0.2, -0.15) is 12.6 Å². The maximum Gasteiger partial charge on any atom is 0.00750 e. The van der Waals surface area contributed by atoms with Crippen molar-refractivity contribution < 1.29 is 0 Å². The maximum absolute atomic E-state index is 5.58. The minimum atomic E-state index is 0.470. The van der Waals surface area contributed by atoms with Crippen LogP contribution < -0.4 is 5.73 Å². The lowest BCUT2D eigenvalue weighted by atomic mass is 9.82. The lowest BCUT2D eigenvalue weighted by molar-refractivity contribution is 0.288. The van der Waals surface area contributed by atoms with Gasteiger partial charge in [-0.3, -0.25) is 0 Å². The smallest absolute Gasteiger partial charge is 0.00750 e. The van der Waals surface area contributed by atoms with Crippen molar-refractivity contribution in [3.63, 3.8) is 0 Å². The Balaban J connectivity index is 2.16. The average molecular weight is 117 g/mol. The minimum Gasteiger partial charge on any atom is -0.327 e. The van der Waals surface area contributed by atoms with Crippen molar-refractivity contribution in [1.82, 2.24) is 0 Å². The molecular formula is C5H11NS. The first kappa shape index (κ1) is 5.45. The lowest BCUT2D eigenvalue weighted by Crippen LogP contribution is -2.40. The third kappa shape index (κ3) is 0.916. The molecule has 1 aliphatic rings. The van der Waals surface area contributed by atoms with Crippen LogP contribution in [0.2, 0.25) is 0 Å². The van der Waals surface area contributed by atoms with Crippen LogP contribution in [0, 0.1) is 5.92 Å².